The van der Waals surface area contributed by atoms with Gasteiger partial charge in [0.1, 0.15) is 0 Å². The van der Waals surface area contributed by atoms with Crippen LogP contribution in [-0.4, -0.2) is 5.91 Å². The van der Waals surface area contributed by atoms with Crippen LogP contribution < -0.4 is 4.90 Å². The number of amides is 1. The van der Waals surface area contributed by atoms with E-state index in [2.05, 4.69) is 50.3 Å². The van der Waals surface area contributed by atoms with Gasteiger partial charge in [0.05, 0.1) is 0 Å². The molecule has 1 unspecified atom stereocenters. The zero-order valence-electron chi connectivity index (χ0n) is 12.9. The molecule has 1 aromatic rings. The maximum atomic E-state index is 12.9. The maximum absolute atomic E-state index is 12.9. The molecule has 1 fully saturated rings. The van der Waals surface area contributed by atoms with Crippen LogP contribution in [0.1, 0.15) is 44.6 Å². The number of fused-ring (bicyclic) bond motifs is 1. The van der Waals surface area contributed by atoms with Crippen LogP contribution in [-0.2, 0) is 4.79 Å². The molecule has 0 N–H and O–H groups in total. The first-order chi connectivity index (χ1) is 10.2. The fourth-order valence-electron chi connectivity index (χ4n) is 3.32. The zero-order chi connectivity index (χ0) is 14.8. The quantitative estimate of drug-likeness (QED) is 0.782. The zero-order valence-corrected chi connectivity index (χ0v) is 12.9. The number of benzene rings is 1. The van der Waals surface area contributed by atoms with E-state index in [0.29, 0.717) is 0 Å². The molecule has 110 valence electrons. The third kappa shape index (κ3) is 2.67. The highest BCUT2D eigenvalue weighted by atomic mass is 16.2. The Morgan fingerprint density at radius 2 is 1.86 bits per heavy atom. The van der Waals surface area contributed by atoms with E-state index >= 15 is 0 Å². The molecule has 0 bridgehead atoms. The van der Waals surface area contributed by atoms with Gasteiger partial charge in [-0.2, -0.15) is 0 Å². The van der Waals surface area contributed by atoms with E-state index < -0.39 is 0 Å². The van der Waals surface area contributed by atoms with Gasteiger partial charge in [0.15, 0.2) is 0 Å². The summed E-state index contributed by atoms with van der Waals surface area (Å²) in [4.78, 5) is 14.9. The minimum atomic E-state index is 0.137. The summed E-state index contributed by atoms with van der Waals surface area (Å²) in [6.45, 7) is 4.23. The largest absolute Gasteiger partial charge is 0.281 e. The lowest BCUT2D eigenvalue weighted by molar-refractivity contribution is -0.122. The van der Waals surface area contributed by atoms with Crippen LogP contribution in [0.4, 0.5) is 5.69 Å². The predicted molar refractivity (Wildman–Crippen MR) is 87.1 cm³/mol. The van der Waals surface area contributed by atoms with Crippen molar-refractivity contribution in [3.63, 3.8) is 0 Å². The Balaban J connectivity index is 2.01. The summed E-state index contributed by atoms with van der Waals surface area (Å²) in [5.74, 6) is 0.406. The summed E-state index contributed by atoms with van der Waals surface area (Å²) in [7, 11) is 0. The van der Waals surface area contributed by atoms with Gasteiger partial charge in [-0.05, 0) is 50.3 Å². The van der Waals surface area contributed by atoms with Gasteiger partial charge in [-0.15, -0.1) is 0 Å². The Bertz CT molecular complexity index is 594. The Labute approximate surface area is 127 Å². The molecule has 1 saturated heterocycles. The number of allylic oxidation sites excluding steroid dienone is 3. The van der Waals surface area contributed by atoms with E-state index in [-0.39, 0.29) is 11.8 Å². The minimum absolute atomic E-state index is 0.137. The van der Waals surface area contributed by atoms with Gasteiger partial charge in [-0.3, -0.25) is 9.69 Å². The van der Waals surface area contributed by atoms with Crippen LogP contribution in [0.5, 0.6) is 0 Å². The summed E-state index contributed by atoms with van der Waals surface area (Å²) in [6.07, 6.45) is 9.65. The van der Waals surface area contributed by atoms with Crippen molar-refractivity contribution in [3.05, 3.63) is 53.3 Å². The number of anilines is 1. The van der Waals surface area contributed by atoms with Gasteiger partial charge in [0.2, 0.25) is 5.91 Å². The van der Waals surface area contributed by atoms with E-state index in [0.717, 1.165) is 43.5 Å². The summed E-state index contributed by atoms with van der Waals surface area (Å²) in [5.41, 5.74) is 4.72. The minimum Gasteiger partial charge on any atom is -0.281 e. The number of nitrogens with zero attached hydrogens (tertiary/aromatic N) is 1. The molecule has 0 radical (unpaired) electrons. The van der Waals surface area contributed by atoms with Crippen LogP contribution in [0.15, 0.2) is 47.7 Å². The number of hydrogen-bond donors (Lipinski definition) is 0. The number of carbonyl (C=O) groups is 1. The molecule has 2 nitrogen and oxygen atoms in total. The Morgan fingerprint density at radius 1 is 1.14 bits per heavy atom. The molecule has 1 amide bonds. The van der Waals surface area contributed by atoms with E-state index in [1.807, 2.05) is 4.90 Å². The second-order valence-electron chi connectivity index (χ2n) is 6.09. The molecule has 1 atom stereocenters. The van der Waals surface area contributed by atoms with Crippen molar-refractivity contribution in [1.29, 1.82) is 0 Å². The third-order valence-electron chi connectivity index (χ3n) is 4.43. The van der Waals surface area contributed by atoms with Gasteiger partial charge in [0.25, 0.3) is 0 Å². The Morgan fingerprint density at radius 3 is 2.57 bits per heavy atom. The summed E-state index contributed by atoms with van der Waals surface area (Å²) in [5, 5.41) is 0. The lowest BCUT2D eigenvalue weighted by Gasteiger charge is -2.37. The van der Waals surface area contributed by atoms with Crippen molar-refractivity contribution >= 4 is 11.6 Å². The standard InChI is InChI=1S/C19H23NO/c1-3-6-16-13-15-7-4-5-8-18(15)20(19(16)21)17-11-9-14(2)10-12-17/h7-12,16H,3-6,13H2,1-2H3. The Kier molecular flexibility index (Phi) is 3.96. The molecular formula is C19H23NO. The van der Waals surface area contributed by atoms with Gasteiger partial charge >= 0.3 is 0 Å². The molecule has 1 aliphatic carbocycles. The first-order valence-electron chi connectivity index (χ1n) is 8.01. The van der Waals surface area contributed by atoms with Crippen molar-refractivity contribution in [2.24, 2.45) is 5.92 Å². The smallest absolute Gasteiger partial charge is 0.234 e. The molecule has 21 heavy (non-hydrogen) atoms. The highest BCUT2D eigenvalue weighted by Gasteiger charge is 2.35. The molecule has 2 aliphatic rings. The highest BCUT2D eigenvalue weighted by molar-refractivity contribution is 6.01. The van der Waals surface area contributed by atoms with Gasteiger partial charge in [0, 0.05) is 17.3 Å². The first-order valence-corrected chi connectivity index (χ1v) is 8.01. The monoisotopic (exact) mass is 281 g/mol. The molecule has 1 aromatic carbocycles. The Hall–Kier alpha value is -1.83. The highest BCUT2D eigenvalue weighted by Crippen LogP contribution is 2.39. The number of aryl methyl sites for hydroxylation is 1. The maximum Gasteiger partial charge on any atom is 0.234 e. The molecule has 0 saturated carbocycles. The third-order valence-corrected chi connectivity index (χ3v) is 4.43. The number of carbonyl (C=O) groups excluding carboxylic acids is 1. The van der Waals surface area contributed by atoms with Crippen molar-refractivity contribution in [2.45, 2.75) is 46.0 Å². The van der Waals surface area contributed by atoms with E-state index in [1.165, 1.54) is 11.1 Å². The van der Waals surface area contributed by atoms with E-state index in [1.54, 1.807) is 0 Å². The van der Waals surface area contributed by atoms with Crippen LogP contribution in [0.3, 0.4) is 0 Å². The normalized spacial score (nSPS) is 21.7. The summed E-state index contributed by atoms with van der Waals surface area (Å²) in [6, 6.07) is 8.29. The van der Waals surface area contributed by atoms with Gasteiger partial charge < -0.3 is 0 Å². The van der Waals surface area contributed by atoms with Crippen molar-refractivity contribution < 1.29 is 4.79 Å². The van der Waals surface area contributed by atoms with Crippen LogP contribution in [0.2, 0.25) is 0 Å². The lowest BCUT2D eigenvalue weighted by atomic mass is 9.84. The topological polar surface area (TPSA) is 20.3 Å². The predicted octanol–water partition coefficient (Wildman–Crippen LogP) is 4.75. The van der Waals surface area contributed by atoms with Gasteiger partial charge in [-0.25, -0.2) is 0 Å². The molecule has 2 heteroatoms. The SMILES string of the molecule is CCCC1CC2=CCCC=C2N(c2ccc(C)cc2)C1=O. The summed E-state index contributed by atoms with van der Waals surface area (Å²) < 4.78 is 0. The van der Waals surface area contributed by atoms with Crippen LogP contribution in [0.25, 0.3) is 0 Å². The van der Waals surface area contributed by atoms with Crippen LogP contribution in [0, 0.1) is 12.8 Å². The van der Waals surface area contributed by atoms with Crippen molar-refractivity contribution in [1.82, 2.24) is 0 Å². The summed E-state index contributed by atoms with van der Waals surface area (Å²) >= 11 is 0. The molecule has 0 aromatic heterocycles. The molecule has 1 heterocycles. The fraction of sp³-hybridized carbons (Fsp3) is 0.421. The number of hydrogen-bond acceptors (Lipinski definition) is 1. The van der Waals surface area contributed by atoms with E-state index in [9.17, 15) is 4.79 Å². The molecular weight excluding hydrogens is 258 g/mol. The first kappa shape index (κ1) is 14.1. The number of piperidine rings is 1. The fourth-order valence-corrected chi connectivity index (χ4v) is 3.32. The van der Waals surface area contributed by atoms with Gasteiger partial charge in [-0.1, -0.05) is 43.2 Å². The second-order valence-corrected chi connectivity index (χ2v) is 6.09. The van der Waals surface area contributed by atoms with E-state index in [4.69, 9.17) is 0 Å². The second kappa shape index (κ2) is 5.88. The molecule has 3 rings (SSSR count). The van der Waals surface area contributed by atoms with Crippen molar-refractivity contribution in [3.8, 4) is 0 Å². The average molecular weight is 281 g/mol. The number of rotatable bonds is 3. The van der Waals surface area contributed by atoms with Crippen LogP contribution >= 0.6 is 0 Å². The van der Waals surface area contributed by atoms with Crippen molar-refractivity contribution in [2.75, 3.05) is 4.90 Å². The lowest BCUT2D eigenvalue weighted by Crippen LogP contribution is -2.41. The molecule has 1 aliphatic heterocycles. The molecule has 0 spiro atoms. The average Bonchev–Trinajstić information content (AvgIpc) is 2.50.